The van der Waals surface area contributed by atoms with Crippen molar-refractivity contribution >= 4 is 18.0 Å². The van der Waals surface area contributed by atoms with Gasteiger partial charge in [0.05, 0.1) is 5.92 Å². The molecule has 2 amide bonds. The van der Waals surface area contributed by atoms with Gasteiger partial charge in [-0.25, -0.2) is 4.79 Å². The summed E-state index contributed by atoms with van der Waals surface area (Å²) in [7, 11) is 0. The molecule has 3 N–H and O–H groups in total. The molecule has 2 aliphatic rings. The first-order chi connectivity index (χ1) is 16.5. The van der Waals surface area contributed by atoms with E-state index in [1.54, 1.807) is 6.08 Å². The number of carbonyl (C=O) groups is 3. The average Bonchev–Trinajstić information content (AvgIpc) is 3.18. The lowest BCUT2D eigenvalue weighted by Gasteiger charge is -2.28. The number of aliphatic carboxylic acids is 1. The van der Waals surface area contributed by atoms with Gasteiger partial charge in [-0.1, -0.05) is 67.4 Å². The van der Waals surface area contributed by atoms with Crippen LogP contribution in [-0.4, -0.2) is 42.8 Å². The number of ether oxygens (including phenoxy) is 1. The van der Waals surface area contributed by atoms with E-state index in [2.05, 4.69) is 34.9 Å². The Labute approximate surface area is 199 Å². The Bertz CT molecular complexity index is 1030. The van der Waals surface area contributed by atoms with E-state index in [0.717, 1.165) is 30.4 Å². The van der Waals surface area contributed by atoms with Crippen molar-refractivity contribution < 1.29 is 24.2 Å². The molecule has 0 unspecified atom stereocenters. The monoisotopic (exact) mass is 462 g/mol. The third-order valence-corrected chi connectivity index (χ3v) is 6.74. The van der Waals surface area contributed by atoms with Crippen molar-refractivity contribution in [2.45, 2.75) is 31.6 Å². The van der Waals surface area contributed by atoms with Gasteiger partial charge >= 0.3 is 12.1 Å². The van der Waals surface area contributed by atoms with Crippen LogP contribution in [0.25, 0.3) is 11.1 Å². The molecule has 0 spiro atoms. The lowest BCUT2D eigenvalue weighted by Crippen LogP contribution is -2.36. The molecule has 2 aliphatic carbocycles. The van der Waals surface area contributed by atoms with E-state index >= 15 is 0 Å². The Morgan fingerprint density at radius 2 is 1.59 bits per heavy atom. The number of hydrogen-bond donors (Lipinski definition) is 3. The zero-order valence-electron chi connectivity index (χ0n) is 19.0. The SMILES string of the molecule is O=C(/C=C/CNC(=O)OCC1c2ccccc2-c2ccccc21)NC[C@H]1CCCC[C@H]1C(=O)O. The topological polar surface area (TPSA) is 105 Å². The number of fused-ring (bicyclic) bond motifs is 3. The van der Waals surface area contributed by atoms with Crippen molar-refractivity contribution in [2.24, 2.45) is 11.8 Å². The van der Waals surface area contributed by atoms with E-state index in [9.17, 15) is 19.5 Å². The number of carboxylic acid groups (broad SMARTS) is 1. The van der Waals surface area contributed by atoms with Crippen LogP contribution in [0.4, 0.5) is 4.79 Å². The summed E-state index contributed by atoms with van der Waals surface area (Å²) >= 11 is 0. The first-order valence-electron chi connectivity index (χ1n) is 11.8. The van der Waals surface area contributed by atoms with E-state index < -0.39 is 18.0 Å². The molecule has 0 aromatic heterocycles. The molecule has 0 saturated heterocycles. The Morgan fingerprint density at radius 1 is 0.941 bits per heavy atom. The molecule has 7 heteroatoms. The summed E-state index contributed by atoms with van der Waals surface area (Å²) in [4.78, 5) is 35.6. The minimum absolute atomic E-state index is 0.00566. The number of rotatable bonds is 8. The number of nitrogens with one attached hydrogen (secondary N) is 2. The van der Waals surface area contributed by atoms with Crippen molar-refractivity contribution in [2.75, 3.05) is 19.7 Å². The Morgan fingerprint density at radius 3 is 2.26 bits per heavy atom. The second kappa shape index (κ2) is 11.0. The van der Waals surface area contributed by atoms with Gasteiger partial charge in [0.2, 0.25) is 5.91 Å². The molecule has 1 saturated carbocycles. The van der Waals surface area contributed by atoms with E-state index in [0.29, 0.717) is 13.0 Å². The summed E-state index contributed by atoms with van der Waals surface area (Å²) < 4.78 is 5.47. The number of hydrogen-bond acceptors (Lipinski definition) is 4. The molecular formula is C27H30N2O5. The molecule has 4 rings (SSSR count). The largest absolute Gasteiger partial charge is 0.481 e. The van der Waals surface area contributed by atoms with Gasteiger partial charge in [0.25, 0.3) is 0 Å². The van der Waals surface area contributed by atoms with E-state index in [1.165, 1.54) is 17.2 Å². The highest BCUT2D eigenvalue weighted by Crippen LogP contribution is 2.44. The van der Waals surface area contributed by atoms with Crippen LogP contribution >= 0.6 is 0 Å². The van der Waals surface area contributed by atoms with Crippen LogP contribution < -0.4 is 10.6 Å². The van der Waals surface area contributed by atoms with Gasteiger partial charge in [-0.05, 0) is 41.0 Å². The van der Waals surface area contributed by atoms with Crippen LogP contribution in [0.15, 0.2) is 60.7 Å². The van der Waals surface area contributed by atoms with Crippen LogP contribution in [-0.2, 0) is 14.3 Å². The molecule has 34 heavy (non-hydrogen) atoms. The molecule has 0 heterocycles. The molecule has 0 radical (unpaired) electrons. The van der Waals surface area contributed by atoms with Gasteiger partial charge in [0.1, 0.15) is 6.61 Å². The van der Waals surface area contributed by atoms with Gasteiger partial charge in [0, 0.05) is 25.1 Å². The van der Waals surface area contributed by atoms with E-state index in [-0.39, 0.29) is 30.9 Å². The Balaban J connectivity index is 1.20. The molecule has 0 aliphatic heterocycles. The van der Waals surface area contributed by atoms with Crippen LogP contribution in [0, 0.1) is 11.8 Å². The molecule has 0 bridgehead atoms. The quantitative estimate of drug-likeness (QED) is 0.513. The third-order valence-electron chi connectivity index (χ3n) is 6.74. The summed E-state index contributed by atoms with van der Waals surface area (Å²) in [6.45, 7) is 0.738. The highest BCUT2D eigenvalue weighted by Gasteiger charge is 2.31. The molecule has 178 valence electrons. The number of carbonyl (C=O) groups excluding carboxylic acids is 2. The van der Waals surface area contributed by atoms with Crippen LogP contribution in [0.3, 0.4) is 0 Å². The van der Waals surface area contributed by atoms with Gasteiger partial charge in [-0.3, -0.25) is 9.59 Å². The highest BCUT2D eigenvalue weighted by atomic mass is 16.5. The molecule has 2 aromatic rings. The fourth-order valence-corrected chi connectivity index (χ4v) is 5.03. The number of carboxylic acids is 1. The minimum atomic E-state index is -0.790. The average molecular weight is 463 g/mol. The zero-order chi connectivity index (χ0) is 23.9. The van der Waals surface area contributed by atoms with Crippen molar-refractivity contribution in [3.05, 3.63) is 71.8 Å². The molecular weight excluding hydrogens is 432 g/mol. The maximum Gasteiger partial charge on any atom is 0.407 e. The molecule has 1 fully saturated rings. The normalized spacial score (nSPS) is 19.3. The van der Waals surface area contributed by atoms with Gasteiger partial charge in [-0.2, -0.15) is 0 Å². The van der Waals surface area contributed by atoms with E-state index in [4.69, 9.17) is 4.74 Å². The summed E-state index contributed by atoms with van der Waals surface area (Å²) in [5.74, 6) is -1.53. The first-order valence-corrected chi connectivity index (χ1v) is 11.8. The van der Waals surface area contributed by atoms with Crippen molar-refractivity contribution in [3.8, 4) is 11.1 Å². The predicted molar refractivity (Wildman–Crippen MR) is 128 cm³/mol. The van der Waals surface area contributed by atoms with Crippen LogP contribution in [0.1, 0.15) is 42.7 Å². The second-order valence-electron chi connectivity index (χ2n) is 8.84. The highest BCUT2D eigenvalue weighted by molar-refractivity contribution is 5.87. The third kappa shape index (κ3) is 5.47. The Hall–Kier alpha value is -3.61. The molecule has 2 atom stereocenters. The fourth-order valence-electron chi connectivity index (χ4n) is 5.03. The maximum atomic E-state index is 12.2. The lowest BCUT2D eigenvalue weighted by molar-refractivity contribution is -0.145. The fraction of sp³-hybridized carbons (Fsp3) is 0.370. The minimum Gasteiger partial charge on any atom is -0.481 e. The standard InChI is InChI=1S/C27H30N2O5/c30-25(29-16-18-8-1-2-9-19(18)26(31)32)14-7-15-28-27(33)34-17-24-22-12-5-3-10-20(22)21-11-4-6-13-23(21)24/h3-7,10-14,18-19,24H,1-2,8-9,15-17H2,(H,28,33)(H,29,30)(H,31,32)/b14-7+/t18-,19-/m1/s1. The van der Waals surface area contributed by atoms with Gasteiger partial charge in [0.15, 0.2) is 0 Å². The van der Waals surface area contributed by atoms with Gasteiger partial charge in [-0.15, -0.1) is 0 Å². The smallest absolute Gasteiger partial charge is 0.407 e. The first kappa shape index (κ1) is 23.5. The Kier molecular flexibility index (Phi) is 7.62. The number of alkyl carbamates (subject to hydrolysis) is 1. The second-order valence-corrected chi connectivity index (χ2v) is 8.84. The summed E-state index contributed by atoms with van der Waals surface area (Å²) in [6, 6.07) is 16.3. The van der Waals surface area contributed by atoms with Crippen LogP contribution in [0.2, 0.25) is 0 Å². The number of benzene rings is 2. The molecule has 7 nitrogen and oxygen atoms in total. The maximum absolute atomic E-state index is 12.2. The summed E-state index contributed by atoms with van der Waals surface area (Å²) in [5.41, 5.74) is 4.64. The van der Waals surface area contributed by atoms with Crippen LogP contribution in [0.5, 0.6) is 0 Å². The van der Waals surface area contributed by atoms with Crippen molar-refractivity contribution in [3.63, 3.8) is 0 Å². The summed E-state index contributed by atoms with van der Waals surface area (Å²) in [6.07, 6.45) is 5.74. The zero-order valence-corrected chi connectivity index (χ0v) is 19.0. The lowest BCUT2D eigenvalue weighted by atomic mass is 9.79. The summed E-state index contributed by atoms with van der Waals surface area (Å²) in [5, 5.41) is 14.7. The van der Waals surface area contributed by atoms with E-state index in [1.807, 2.05) is 24.3 Å². The van der Waals surface area contributed by atoms with Crippen molar-refractivity contribution in [1.82, 2.24) is 10.6 Å². The van der Waals surface area contributed by atoms with Gasteiger partial charge < -0.3 is 20.5 Å². The number of amides is 2. The van der Waals surface area contributed by atoms with Crippen molar-refractivity contribution in [1.29, 1.82) is 0 Å². The molecule has 2 aromatic carbocycles. The predicted octanol–water partition coefficient (Wildman–Crippen LogP) is 4.09.